The van der Waals surface area contributed by atoms with Crippen LogP contribution in [-0.4, -0.2) is 87.0 Å². The number of halogens is 8. The SMILES string of the molecule is C=C(C)C(=O)OCC(COCC(F)(F)C(F)(F)C(F)(F)C(F)(F)COCCCCCCC)COC(=O)C(=C)CO. The second kappa shape index (κ2) is 16.9. The van der Waals surface area contributed by atoms with Crippen LogP contribution < -0.4 is 0 Å². The Morgan fingerprint density at radius 1 is 0.750 bits per heavy atom. The van der Waals surface area contributed by atoms with Crippen molar-refractivity contribution < 1.29 is 68.8 Å². The van der Waals surface area contributed by atoms with Gasteiger partial charge in [-0.15, -0.1) is 0 Å². The smallest absolute Gasteiger partial charge is 0.380 e. The van der Waals surface area contributed by atoms with E-state index >= 15 is 0 Å². The highest BCUT2D eigenvalue weighted by Gasteiger charge is 2.80. The van der Waals surface area contributed by atoms with Gasteiger partial charge in [-0.05, 0) is 13.3 Å². The molecule has 0 bridgehead atoms. The van der Waals surface area contributed by atoms with Crippen molar-refractivity contribution in [2.75, 3.05) is 46.2 Å². The minimum atomic E-state index is -6.57. The summed E-state index contributed by atoms with van der Waals surface area (Å²) in [6.07, 6.45) is 3.13. The van der Waals surface area contributed by atoms with E-state index in [1.165, 1.54) is 6.92 Å². The van der Waals surface area contributed by atoms with E-state index in [4.69, 9.17) is 14.6 Å². The predicted octanol–water partition coefficient (Wildman–Crippen LogP) is 5.36. The minimum absolute atomic E-state index is 0.0832. The minimum Gasteiger partial charge on any atom is -0.462 e. The number of hydrogen-bond donors (Lipinski definition) is 1. The molecule has 0 fully saturated rings. The number of carbonyl (C=O) groups excluding carboxylic acids is 2. The van der Waals surface area contributed by atoms with Gasteiger partial charge in [0.15, 0.2) is 0 Å². The summed E-state index contributed by atoms with van der Waals surface area (Å²) in [5.41, 5.74) is -0.492. The van der Waals surface area contributed by atoms with E-state index in [2.05, 4.69) is 22.6 Å². The fraction of sp³-hybridized carbons (Fsp3) is 0.760. The van der Waals surface area contributed by atoms with Gasteiger partial charge in [0.05, 0.1) is 37.9 Å². The lowest BCUT2D eigenvalue weighted by atomic mass is 9.99. The first-order chi connectivity index (χ1) is 18.4. The average Bonchev–Trinajstić information content (AvgIpc) is 2.87. The van der Waals surface area contributed by atoms with Crippen molar-refractivity contribution in [3.63, 3.8) is 0 Å². The molecule has 0 aromatic carbocycles. The van der Waals surface area contributed by atoms with Crippen LogP contribution in [0.4, 0.5) is 35.1 Å². The first kappa shape index (κ1) is 37.7. The number of esters is 2. The fourth-order valence-electron chi connectivity index (χ4n) is 2.82. The Morgan fingerprint density at radius 2 is 1.23 bits per heavy atom. The Labute approximate surface area is 227 Å². The van der Waals surface area contributed by atoms with Crippen LogP contribution in [0, 0.1) is 5.92 Å². The molecule has 1 N–H and O–H groups in total. The zero-order chi connectivity index (χ0) is 31.2. The van der Waals surface area contributed by atoms with Crippen molar-refractivity contribution in [3.05, 3.63) is 24.3 Å². The summed E-state index contributed by atoms with van der Waals surface area (Å²) >= 11 is 0. The van der Waals surface area contributed by atoms with E-state index in [1.54, 1.807) is 0 Å². The highest BCUT2D eigenvalue weighted by atomic mass is 19.4. The van der Waals surface area contributed by atoms with Gasteiger partial charge in [0.1, 0.15) is 13.2 Å². The highest BCUT2D eigenvalue weighted by molar-refractivity contribution is 5.88. The molecule has 0 radical (unpaired) electrons. The third-order valence-electron chi connectivity index (χ3n) is 5.35. The normalized spacial score (nSPS) is 13.6. The maximum absolute atomic E-state index is 14.2. The number of aliphatic hydroxyl groups is 1. The van der Waals surface area contributed by atoms with E-state index in [0.717, 1.165) is 12.8 Å². The first-order valence-electron chi connectivity index (χ1n) is 12.3. The molecule has 0 saturated heterocycles. The Hall–Kier alpha value is -2.26. The van der Waals surface area contributed by atoms with Gasteiger partial charge in [0, 0.05) is 12.2 Å². The van der Waals surface area contributed by atoms with Gasteiger partial charge >= 0.3 is 35.6 Å². The topological polar surface area (TPSA) is 91.3 Å². The molecule has 0 aromatic heterocycles. The van der Waals surface area contributed by atoms with E-state index in [-0.39, 0.29) is 12.0 Å². The number of ether oxygens (including phenoxy) is 4. The van der Waals surface area contributed by atoms with Gasteiger partial charge in [-0.1, -0.05) is 45.8 Å². The molecule has 0 saturated carbocycles. The largest absolute Gasteiger partial charge is 0.462 e. The molecule has 0 amide bonds. The van der Waals surface area contributed by atoms with Crippen molar-refractivity contribution in [1.82, 2.24) is 0 Å². The molecule has 1 atom stereocenters. The quantitative estimate of drug-likeness (QED) is 0.0775. The van der Waals surface area contributed by atoms with Crippen LogP contribution in [0.3, 0.4) is 0 Å². The third-order valence-corrected chi connectivity index (χ3v) is 5.35. The van der Waals surface area contributed by atoms with Crippen molar-refractivity contribution in [1.29, 1.82) is 0 Å². The second-order valence-corrected chi connectivity index (χ2v) is 9.14. The van der Waals surface area contributed by atoms with Crippen LogP contribution in [0.5, 0.6) is 0 Å². The summed E-state index contributed by atoms with van der Waals surface area (Å²) in [7, 11) is 0. The summed E-state index contributed by atoms with van der Waals surface area (Å²) in [5.74, 6) is -27.9. The van der Waals surface area contributed by atoms with E-state index < -0.39 is 93.4 Å². The Balaban J connectivity index is 5.26. The Bertz CT molecular complexity index is 834. The summed E-state index contributed by atoms with van der Waals surface area (Å²) in [6, 6.07) is 0. The zero-order valence-corrected chi connectivity index (χ0v) is 22.4. The summed E-state index contributed by atoms with van der Waals surface area (Å²) in [4.78, 5) is 23.2. The first-order valence-corrected chi connectivity index (χ1v) is 12.3. The molecule has 0 heterocycles. The highest BCUT2D eigenvalue weighted by Crippen LogP contribution is 2.52. The van der Waals surface area contributed by atoms with Gasteiger partial charge < -0.3 is 24.1 Å². The number of carbonyl (C=O) groups is 2. The maximum atomic E-state index is 14.2. The lowest BCUT2D eigenvalue weighted by Crippen LogP contribution is -2.64. The van der Waals surface area contributed by atoms with E-state index in [1.807, 2.05) is 6.92 Å². The molecule has 0 spiro atoms. The van der Waals surface area contributed by atoms with E-state index in [0.29, 0.717) is 12.8 Å². The molecule has 15 heteroatoms. The summed E-state index contributed by atoms with van der Waals surface area (Å²) in [6.45, 7) is 1.31. The Kier molecular flexibility index (Phi) is 15.9. The van der Waals surface area contributed by atoms with Gasteiger partial charge in [0.2, 0.25) is 0 Å². The lowest BCUT2D eigenvalue weighted by molar-refractivity contribution is -0.377. The third kappa shape index (κ3) is 11.3. The molecule has 0 rings (SSSR count). The Morgan fingerprint density at radius 3 is 1.70 bits per heavy atom. The average molecular weight is 601 g/mol. The monoisotopic (exact) mass is 600 g/mol. The van der Waals surface area contributed by atoms with Crippen LogP contribution in [-0.2, 0) is 28.5 Å². The van der Waals surface area contributed by atoms with Crippen LogP contribution in [0.1, 0.15) is 46.0 Å². The number of alkyl halides is 8. The number of rotatable bonds is 22. The molecule has 0 aliphatic rings. The number of unbranched alkanes of at least 4 members (excludes halogenated alkanes) is 4. The molecule has 0 aliphatic carbocycles. The molecule has 0 aliphatic heterocycles. The standard InChI is InChI=1S/C25H36F8O7/c1-5-6-7-8-9-10-37-15-22(26,27)24(30,31)25(32,33)23(28,29)16-38-12-19(13-39-20(35)17(2)3)14-40-21(36)18(4)11-34/h19,34H,2,4-16H2,1,3H3. The van der Waals surface area contributed by atoms with E-state index in [9.17, 15) is 44.7 Å². The molecule has 40 heavy (non-hydrogen) atoms. The van der Waals surface area contributed by atoms with Crippen molar-refractivity contribution >= 4 is 11.9 Å². The van der Waals surface area contributed by atoms with Crippen LogP contribution >= 0.6 is 0 Å². The van der Waals surface area contributed by atoms with Gasteiger partial charge in [-0.3, -0.25) is 0 Å². The molecule has 234 valence electrons. The fourth-order valence-corrected chi connectivity index (χ4v) is 2.82. The van der Waals surface area contributed by atoms with Crippen LogP contribution in [0.15, 0.2) is 24.3 Å². The predicted molar refractivity (Wildman–Crippen MR) is 127 cm³/mol. The molecule has 7 nitrogen and oxygen atoms in total. The van der Waals surface area contributed by atoms with Gasteiger partial charge in [-0.2, -0.15) is 35.1 Å². The number of hydrogen-bond acceptors (Lipinski definition) is 7. The van der Waals surface area contributed by atoms with Crippen molar-refractivity contribution in [2.45, 2.75) is 69.6 Å². The van der Waals surface area contributed by atoms with Crippen molar-refractivity contribution in [2.24, 2.45) is 5.92 Å². The zero-order valence-electron chi connectivity index (χ0n) is 22.4. The lowest BCUT2D eigenvalue weighted by Gasteiger charge is -2.36. The molecular formula is C25H36F8O7. The molecule has 0 aromatic rings. The number of aliphatic hydroxyl groups excluding tert-OH is 1. The van der Waals surface area contributed by atoms with Crippen molar-refractivity contribution in [3.8, 4) is 0 Å². The van der Waals surface area contributed by atoms with Crippen LogP contribution in [0.2, 0.25) is 0 Å². The van der Waals surface area contributed by atoms with Gasteiger partial charge in [-0.25, -0.2) is 9.59 Å². The summed E-state index contributed by atoms with van der Waals surface area (Å²) < 4.78 is 131. The molecular weight excluding hydrogens is 564 g/mol. The summed E-state index contributed by atoms with van der Waals surface area (Å²) in [5, 5.41) is 8.86. The maximum Gasteiger partial charge on any atom is 0.380 e. The second-order valence-electron chi connectivity index (χ2n) is 9.14. The van der Waals surface area contributed by atoms with Gasteiger partial charge in [0.25, 0.3) is 0 Å². The van der Waals surface area contributed by atoms with Crippen LogP contribution in [0.25, 0.3) is 0 Å². The molecule has 1 unspecified atom stereocenters.